The summed E-state index contributed by atoms with van der Waals surface area (Å²) in [5, 5.41) is 0.110. The molecule has 2 aliphatic rings. The molecule has 3 aromatic rings. The van der Waals surface area contributed by atoms with Crippen LogP contribution in [0, 0.1) is 17.6 Å². The molecule has 0 amide bonds. The van der Waals surface area contributed by atoms with Gasteiger partial charge in [-0.05, 0) is 89.1 Å². The summed E-state index contributed by atoms with van der Waals surface area (Å²) in [4.78, 5) is 2.30. The number of fused-ring (bicyclic) bond motifs is 1. The van der Waals surface area contributed by atoms with Crippen LogP contribution in [0.25, 0.3) is 11.1 Å². The van der Waals surface area contributed by atoms with E-state index in [0.717, 1.165) is 54.7 Å². The van der Waals surface area contributed by atoms with Crippen LogP contribution in [0.4, 0.5) is 13.2 Å². The van der Waals surface area contributed by atoms with Crippen LogP contribution >= 0.6 is 11.6 Å². The van der Waals surface area contributed by atoms with Crippen LogP contribution in [-0.2, 0) is 12.8 Å². The lowest BCUT2D eigenvalue weighted by atomic mass is 9.86. The monoisotopic (exact) mass is 495 g/mol. The first-order valence-electron chi connectivity index (χ1n) is 12.4. The fourth-order valence-electron chi connectivity index (χ4n) is 5.53. The molecule has 1 heterocycles. The molecule has 0 saturated carbocycles. The van der Waals surface area contributed by atoms with E-state index in [1.165, 1.54) is 17.7 Å². The van der Waals surface area contributed by atoms with Gasteiger partial charge >= 0.3 is 0 Å². The molecule has 1 saturated heterocycles. The Labute approximate surface area is 210 Å². The third-order valence-electron chi connectivity index (χ3n) is 7.23. The molecule has 0 radical (unpaired) electrons. The van der Waals surface area contributed by atoms with E-state index < -0.39 is 5.82 Å². The van der Waals surface area contributed by atoms with Crippen molar-refractivity contribution in [2.75, 3.05) is 26.3 Å². The predicted octanol–water partition coefficient (Wildman–Crippen LogP) is 7.75. The molecule has 0 N–H and O–H groups in total. The number of allylic oxidation sites excluding steroid dienone is 1. The normalized spacial score (nSPS) is 16.7. The highest BCUT2D eigenvalue weighted by molar-refractivity contribution is 6.33. The summed E-state index contributed by atoms with van der Waals surface area (Å²) >= 11 is 6.43. The van der Waals surface area contributed by atoms with E-state index in [0.29, 0.717) is 36.3 Å². The van der Waals surface area contributed by atoms with Crippen LogP contribution in [0.15, 0.2) is 60.7 Å². The Kier molecular flexibility index (Phi) is 7.31. The molecule has 0 bridgehead atoms. The molecule has 0 aromatic heterocycles. The molecule has 5 rings (SSSR count). The average Bonchev–Trinajstić information content (AvgIpc) is 3.03. The van der Waals surface area contributed by atoms with Crippen LogP contribution < -0.4 is 0 Å². The first-order chi connectivity index (χ1) is 17.0. The summed E-state index contributed by atoms with van der Waals surface area (Å²) in [5.41, 5.74) is 6.35. The van der Waals surface area contributed by atoms with Gasteiger partial charge in [0.25, 0.3) is 0 Å². The van der Waals surface area contributed by atoms with Crippen molar-refractivity contribution < 1.29 is 13.2 Å². The molecular weight excluding hydrogens is 467 g/mol. The first-order valence-corrected chi connectivity index (χ1v) is 12.8. The Balaban J connectivity index is 1.50. The van der Waals surface area contributed by atoms with Crippen molar-refractivity contribution in [1.82, 2.24) is 4.90 Å². The summed E-state index contributed by atoms with van der Waals surface area (Å²) < 4.78 is 41.6. The Bertz CT molecular complexity index is 1230. The quantitative estimate of drug-likeness (QED) is 0.324. The largest absolute Gasteiger partial charge is 0.303 e. The predicted molar refractivity (Wildman–Crippen MR) is 137 cm³/mol. The van der Waals surface area contributed by atoms with Crippen LogP contribution in [0.1, 0.15) is 47.1 Å². The van der Waals surface area contributed by atoms with Crippen molar-refractivity contribution in [3.05, 3.63) is 105 Å². The number of alkyl halides is 1. The maximum atomic E-state index is 14.8. The third-order valence-corrected chi connectivity index (χ3v) is 7.61. The van der Waals surface area contributed by atoms with Crippen molar-refractivity contribution in [1.29, 1.82) is 0 Å². The molecule has 1 fully saturated rings. The highest BCUT2D eigenvalue weighted by atomic mass is 35.5. The molecule has 0 atom stereocenters. The Morgan fingerprint density at radius 2 is 1.57 bits per heavy atom. The topological polar surface area (TPSA) is 3.24 Å². The van der Waals surface area contributed by atoms with Crippen LogP contribution in [-0.4, -0.2) is 31.2 Å². The van der Waals surface area contributed by atoms with E-state index in [1.54, 1.807) is 12.1 Å². The van der Waals surface area contributed by atoms with Gasteiger partial charge in [0.05, 0.1) is 11.7 Å². The molecule has 0 spiro atoms. The fraction of sp³-hybridized carbons (Fsp3) is 0.333. The number of hydrogen-bond donors (Lipinski definition) is 0. The maximum Gasteiger partial charge on any atom is 0.142 e. The number of hydrogen-bond acceptors (Lipinski definition) is 1. The molecule has 1 aliphatic heterocycles. The van der Waals surface area contributed by atoms with Crippen molar-refractivity contribution in [3.8, 4) is 0 Å². The minimum absolute atomic E-state index is 0.110. The molecule has 5 heteroatoms. The molecule has 3 aromatic carbocycles. The number of rotatable bonds is 7. The fourth-order valence-corrected chi connectivity index (χ4v) is 5.77. The third kappa shape index (κ3) is 5.05. The molecule has 0 unspecified atom stereocenters. The van der Waals surface area contributed by atoms with Gasteiger partial charge in [-0.15, -0.1) is 0 Å². The molecule has 182 valence electrons. The second-order valence-corrected chi connectivity index (χ2v) is 10.0. The standard InChI is InChI=1S/C30H29ClF3N/c31-30-26(8-3-10-28(30)34)25-6-1-5-23-24(7-2-9-27(23)33)29(25)22-13-11-20(12-14-22)17-21-18-35(19-21)16-4-15-32/h2-3,7-14,21H,1,4-6,15-19H2. The Hall–Kier alpha value is -2.56. The van der Waals surface area contributed by atoms with E-state index in [4.69, 9.17) is 11.6 Å². The highest BCUT2D eigenvalue weighted by Crippen LogP contribution is 2.42. The summed E-state index contributed by atoms with van der Waals surface area (Å²) in [6.45, 7) is 2.61. The number of benzene rings is 3. The lowest BCUT2D eigenvalue weighted by Gasteiger charge is -2.39. The minimum Gasteiger partial charge on any atom is -0.303 e. The van der Waals surface area contributed by atoms with Crippen molar-refractivity contribution >= 4 is 22.7 Å². The SMILES string of the molecule is FCCCN1CC(Cc2ccc(C3=C(c4cccc(F)c4Cl)CCCc4c(F)cccc43)cc2)C1. The highest BCUT2D eigenvalue weighted by Gasteiger charge is 2.27. The van der Waals surface area contributed by atoms with Crippen LogP contribution in [0.3, 0.4) is 0 Å². The molecule has 1 nitrogen and oxygen atoms in total. The van der Waals surface area contributed by atoms with E-state index in [1.807, 2.05) is 12.1 Å². The zero-order valence-electron chi connectivity index (χ0n) is 19.7. The summed E-state index contributed by atoms with van der Waals surface area (Å²) in [7, 11) is 0. The smallest absolute Gasteiger partial charge is 0.142 e. The van der Waals surface area contributed by atoms with E-state index in [9.17, 15) is 13.2 Å². The summed E-state index contributed by atoms with van der Waals surface area (Å²) in [6, 6.07) is 18.6. The molecule has 1 aliphatic carbocycles. The Morgan fingerprint density at radius 1 is 0.857 bits per heavy atom. The van der Waals surface area contributed by atoms with E-state index in [2.05, 4.69) is 29.2 Å². The molecular formula is C30H29ClF3N. The van der Waals surface area contributed by atoms with Gasteiger partial charge in [0.1, 0.15) is 11.6 Å². The van der Waals surface area contributed by atoms with Gasteiger partial charge in [-0.1, -0.05) is 60.1 Å². The second kappa shape index (κ2) is 10.6. The van der Waals surface area contributed by atoms with Gasteiger partial charge < -0.3 is 4.90 Å². The van der Waals surface area contributed by atoms with Gasteiger partial charge in [-0.2, -0.15) is 0 Å². The summed E-state index contributed by atoms with van der Waals surface area (Å²) in [6.07, 6.45) is 3.67. The van der Waals surface area contributed by atoms with Gasteiger partial charge in [0.2, 0.25) is 0 Å². The molecule has 35 heavy (non-hydrogen) atoms. The number of nitrogens with zero attached hydrogens (tertiary/aromatic N) is 1. The van der Waals surface area contributed by atoms with Crippen molar-refractivity contribution in [2.45, 2.75) is 32.1 Å². The number of halogens is 4. The van der Waals surface area contributed by atoms with Crippen LogP contribution in [0.5, 0.6) is 0 Å². The van der Waals surface area contributed by atoms with Gasteiger partial charge in [-0.3, -0.25) is 4.39 Å². The van der Waals surface area contributed by atoms with E-state index >= 15 is 0 Å². The van der Waals surface area contributed by atoms with Crippen molar-refractivity contribution in [3.63, 3.8) is 0 Å². The summed E-state index contributed by atoms with van der Waals surface area (Å²) in [5.74, 6) is -0.0596. The van der Waals surface area contributed by atoms with Crippen molar-refractivity contribution in [2.24, 2.45) is 5.92 Å². The van der Waals surface area contributed by atoms with Gasteiger partial charge in [0, 0.05) is 19.6 Å². The van der Waals surface area contributed by atoms with Crippen LogP contribution in [0.2, 0.25) is 5.02 Å². The van der Waals surface area contributed by atoms with E-state index in [-0.39, 0.29) is 17.5 Å². The average molecular weight is 496 g/mol. The van der Waals surface area contributed by atoms with Gasteiger partial charge in [-0.25, -0.2) is 8.78 Å². The lowest BCUT2D eigenvalue weighted by Crippen LogP contribution is -2.47. The minimum atomic E-state index is -0.448. The number of likely N-dealkylation sites (tertiary alicyclic amines) is 1. The Morgan fingerprint density at radius 3 is 2.31 bits per heavy atom. The lowest BCUT2D eigenvalue weighted by molar-refractivity contribution is 0.0968. The van der Waals surface area contributed by atoms with Gasteiger partial charge in [0.15, 0.2) is 0 Å². The zero-order chi connectivity index (χ0) is 24.4. The first kappa shape index (κ1) is 24.1. The second-order valence-electron chi connectivity index (χ2n) is 9.64. The zero-order valence-corrected chi connectivity index (χ0v) is 20.4. The maximum absolute atomic E-state index is 14.8.